The molecule has 0 spiro atoms. The highest BCUT2D eigenvalue weighted by atomic mass is 15.6. The maximum Gasteiger partial charge on any atom is 0.0698 e. The number of nitrogens with zero attached hydrogens (tertiary/aromatic N) is 4. The molecule has 2 aromatic rings. The Hall–Kier alpha value is -1.52. The normalized spacial score (nSPS) is 20.7. The van der Waals surface area contributed by atoms with E-state index in [4.69, 9.17) is 0 Å². The molecule has 4 heteroatoms. The second-order valence-corrected chi connectivity index (χ2v) is 7.94. The summed E-state index contributed by atoms with van der Waals surface area (Å²) in [6, 6.07) is 9.59. The van der Waals surface area contributed by atoms with E-state index >= 15 is 0 Å². The van der Waals surface area contributed by atoms with Crippen molar-refractivity contribution in [3.05, 3.63) is 36.0 Å². The van der Waals surface area contributed by atoms with Gasteiger partial charge in [-0.1, -0.05) is 24.6 Å². The van der Waals surface area contributed by atoms with E-state index < -0.39 is 0 Å². The van der Waals surface area contributed by atoms with Crippen LogP contribution in [0.5, 0.6) is 0 Å². The zero-order chi connectivity index (χ0) is 17.2. The number of para-hydroxylation sites is 1. The Morgan fingerprint density at radius 1 is 0.880 bits per heavy atom. The van der Waals surface area contributed by atoms with Gasteiger partial charge in [0.1, 0.15) is 0 Å². The van der Waals surface area contributed by atoms with Gasteiger partial charge in [-0.2, -0.15) is 0 Å². The van der Waals surface area contributed by atoms with Crippen LogP contribution in [0.15, 0.2) is 30.5 Å². The fourth-order valence-corrected chi connectivity index (χ4v) is 4.39. The summed E-state index contributed by atoms with van der Waals surface area (Å²) in [5.41, 5.74) is 2.86. The number of rotatable bonds is 4. The lowest BCUT2D eigenvalue weighted by atomic mass is 10.1. The van der Waals surface area contributed by atoms with Crippen LogP contribution < -0.4 is 5.01 Å². The molecule has 136 valence electrons. The average molecular weight is 341 g/mol. The Morgan fingerprint density at radius 3 is 2.32 bits per heavy atom. The number of benzene rings is 1. The lowest BCUT2D eigenvalue weighted by Crippen LogP contribution is -2.52. The Morgan fingerprint density at radius 2 is 1.60 bits per heavy atom. The molecule has 25 heavy (non-hydrogen) atoms. The molecule has 4 nitrogen and oxygen atoms in total. The van der Waals surface area contributed by atoms with E-state index in [1.165, 1.54) is 48.8 Å². The van der Waals surface area contributed by atoms with E-state index in [-0.39, 0.29) is 0 Å². The molecular formula is C21H32N4. The van der Waals surface area contributed by atoms with Crippen LogP contribution in [0.4, 0.5) is 0 Å². The van der Waals surface area contributed by atoms with Gasteiger partial charge in [-0.3, -0.25) is 14.5 Å². The minimum Gasteiger partial charge on any atom is -0.310 e. The minimum absolute atomic E-state index is 0.651. The van der Waals surface area contributed by atoms with Gasteiger partial charge >= 0.3 is 0 Å². The van der Waals surface area contributed by atoms with Crippen LogP contribution in [0.3, 0.4) is 0 Å². The number of piperidine rings is 1. The number of aromatic nitrogens is 1. The van der Waals surface area contributed by atoms with Gasteiger partial charge in [-0.15, -0.1) is 0 Å². The molecule has 0 unspecified atom stereocenters. The Labute approximate surface area is 152 Å². The van der Waals surface area contributed by atoms with Gasteiger partial charge < -0.3 is 5.01 Å². The maximum absolute atomic E-state index is 2.63. The molecule has 0 saturated carbocycles. The third-order valence-electron chi connectivity index (χ3n) is 5.94. The van der Waals surface area contributed by atoms with Crippen LogP contribution in [0, 0.1) is 0 Å². The Kier molecular flexibility index (Phi) is 5.00. The highest BCUT2D eigenvalue weighted by molar-refractivity contribution is 5.84. The molecule has 1 aromatic carbocycles. The van der Waals surface area contributed by atoms with Crippen molar-refractivity contribution in [1.82, 2.24) is 14.5 Å². The van der Waals surface area contributed by atoms with Crippen molar-refractivity contribution < 1.29 is 0 Å². The van der Waals surface area contributed by atoms with Gasteiger partial charge in [0.15, 0.2) is 0 Å². The predicted molar refractivity (Wildman–Crippen MR) is 106 cm³/mol. The second-order valence-electron chi connectivity index (χ2n) is 7.94. The summed E-state index contributed by atoms with van der Waals surface area (Å²) in [7, 11) is 0. The van der Waals surface area contributed by atoms with Crippen molar-refractivity contribution in [2.45, 2.75) is 45.7 Å². The molecule has 2 aliphatic heterocycles. The molecule has 0 amide bonds. The number of fused-ring (bicyclic) bond motifs is 1. The van der Waals surface area contributed by atoms with Crippen LogP contribution in [0.25, 0.3) is 10.9 Å². The van der Waals surface area contributed by atoms with E-state index in [1.54, 1.807) is 0 Å². The first kappa shape index (κ1) is 16.9. The Bertz CT molecular complexity index is 691. The molecule has 0 bridgehead atoms. The van der Waals surface area contributed by atoms with Gasteiger partial charge in [0.2, 0.25) is 0 Å². The second kappa shape index (κ2) is 7.38. The van der Waals surface area contributed by atoms with Crippen LogP contribution in [-0.2, 0) is 6.54 Å². The molecule has 2 saturated heterocycles. The monoisotopic (exact) mass is 340 g/mol. The fraction of sp³-hybridized carbons (Fsp3) is 0.619. The summed E-state index contributed by atoms with van der Waals surface area (Å²) in [5, 5.41) is 3.96. The minimum atomic E-state index is 0.651. The quantitative estimate of drug-likeness (QED) is 0.849. The highest BCUT2D eigenvalue weighted by Crippen LogP contribution is 2.25. The van der Waals surface area contributed by atoms with Crippen molar-refractivity contribution in [3.8, 4) is 0 Å². The maximum atomic E-state index is 2.63. The molecule has 0 radical (unpaired) electrons. The Balaban J connectivity index is 1.57. The first-order valence-electron chi connectivity index (χ1n) is 10.0. The molecule has 0 aliphatic carbocycles. The average Bonchev–Trinajstić information content (AvgIpc) is 3.01. The van der Waals surface area contributed by atoms with Gasteiger partial charge in [0, 0.05) is 50.3 Å². The molecule has 0 N–H and O–H groups in total. The molecule has 2 fully saturated rings. The van der Waals surface area contributed by atoms with Crippen LogP contribution in [0.2, 0.25) is 0 Å². The lowest BCUT2D eigenvalue weighted by Gasteiger charge is -2.38. The summed E-state index contributed by atoms with van der Waals surface area (Å²) in [6.45, 7) is 12.8. The first-order chi connectivity index (χ1) is 12.2. The summed E-state index contributed by atoms with van der Waals surface area (Å²) < 4.78 is 2.44. The van der Waals surface area contributed by atoms with Crippen molar-refractivity contribution in [1.29, 1.82) is 0 Å². The molecular weight excluding hydrogens is 308 g/mol. The molecule has 1 aromatic heterocycles. The van der Waals surface area contributed by atoms with E-state index in [0.29, 0.717) is 6.04 Å². The summed E-state index contributed by atoms with van der Waals surface area (Å²) >= 11 is 0. The SMILES string of the molecule is CC(C)N1CCN(n2cc(CN3CCCCC3)c3ccccc32)CC1. The molecule has 4 rings (SSSR count). The predicted octanol–water partition coefficient (Wildman–Crippen LogP) is 3.29. The number of piperazine rings is 1. The highest BCUT2D eigenvalue weighted by Gasteiger charge is 2.21. The molecule has 3 heterocycles. The first-order valence-corrected chi connectivity index (χ1v) is 10.0. The zero-order valence-corrected chi connectivity index (χ0v) is 15.8. The zero-order valence-electron chi connectivity index (χ0n) is 15.8. The van der Waals surface area contributed by atoms with Crippen LogP contribution in [0.1, 0.15) is 38.7 Å². The molecule has 2 aliphatic rings. The van der Waals surface area contributed by atoms with E-state index in [9.17, 15) is 0 Å². The summed E-state index contributed by atoms with van der Waals surface area (Å²) in [6.07, 6.45) is 6.52. The van der Waals surface area contributed by atoms with E-state index in [1.807, 2.05) is 0 Å². The number of hydrogen-bond acceptors (Lipinski definition) is 3. The largest absolute Gasteiger partial charge is 0.310 e. The van der Waals surface area contributed by atoms with Crippen molar-refractivity contribution >= 4 is 10.9 Å². The van der Waals surface area contributed by atoms with Crippen LogP contribution in [-0.4, -0.2) is 59.8 Å². The van der Waals surface area contributed by atoms with Gasteiger partial charge in [-0.05, 0) is 51.4 Å². The van der Waals surface area contributed by atoms with Gasteiger partial charge in [0.05, 0.1) is 5.52 Å². The van der Waals surface area contributed by atoms with Gasteiger partial charge in [0.25, 0.3) is 0 Å². The smallest absolute Gasteiger partial charge is 0.0698 e. The fourth-order valence-electron chi connectivity index (χ4n) is 4.39. The lowest BCUT2D eigenvalue weighted by molar-refractivity contribution is 0.196. The number of likely N-dealkylation sites (tertiary alicyclic amines) is 1. The van der Waals surface area contributed by atoms with Crippen molar-refractivity contribution in [2.24, 2.45) is 0 Å². The molecule has 0 atom stereocenters. The van der Waals surface area contributed by atoms with Crippen molar-refractivity contribution in [2.75, 3.05) is 44.3 Å². The van der Waals surface area contributed by atoms with Gasteiger partial charge in [-0.25, -0.2) is 0 Å². The third-order valence-corrected chi connectivity index (χ3v) is 5.94. The third kappa shape index (κ3) is 3.56. The van der Waals surface area contributed by atoms with E-state index in [0.717, 1.165) is 32.7 Å². The van der Waals surface area contributed by atoms with Crippen LogP contribution >= 0.6 is 0 Å². The standard InChI is InChI=1S/C21H32N4/c1-18(2)23-12-14-24(15-13-23)25-17-19(16-22-10-6-3-7-11-22)20-8-4-5-9-21(20)25/h4-5,8-9,17-18H,3,6-7,10-16H2,1-2H3. The summed E-state index contributed by atoms with van der Waals surface area (Å²) in [4.78, 5) is 5.21. The summed E-state index contributed by atoms with van der Waals surface area (Å²) in [5.74, 6) is 0. The van der Waals surface area contributed by atoms with Crippen molar-refractivity contribution in [3.63, 3.8) is 0 Å². The topological polar surface area (TPSA) is 14.7 Å². The number of hydrogen-bond donors (Lipinski definition) is 0. The van der Waals surface area contributed by atoms with E-state index in [2.05, 4.69) is 63.8 Å².